The lowest BCUT2D eigenvalue weighted by Gasteiger charge is -2.10. The number of hydrogen-bond donors (Lipinski definition) is 1. The molecule has 0 saturated heterocycles. The number of thiophene rings is 1. The number of nitrogens with zero attached hydrogens (tertiary/aromatic N) is 2. The van der Waals surface area contributed by atoms with Gasteiger partial charge in [-0.15, -0.1) is 11.3 Å². The fourth-order valence-corrected chi connectivity index (χ4v) is 4.27. The number of anilines is 1. The number of benzene rings is 1. The molecule has 0 spiro atoms. The molecule has 2 heterocycles. The molecule has 1 aliphatic carbocycles. The first-order valence-corrected chi connectivity index (χ1v) is 8.42. The number of nitrogens with two attached hydrogens (primary N) is 1. The van der Waals surface area contributed by atoms with Crippen LogP contribution in [0.1, 0.15) is 23.3 Å². The van der Waals surface area contributed by atoms with Gasteiger partial charge in [0.2, 0.25) is 5.82 Å². The van der Waals surface area contributed by atoms with Gasteiger partial charge in [0.25, 0.3) is 5.89 Å². The average molecular weight is 332 g/mol. The van der Waals surface area contributed by atoms with Crippen molar-refractivity contribution in [3.8, 4) is 22.8 Å². The Balaban J connectivity index is 1.80. The first kappa shape index (κ1) is 13.8. The molecular formula is C16H14ClN3OS. The summed E-state index contributed by atoms with van der Waals surface area (Å²) >= 11 is 7.84. The number of hydrogen-bond acceptors (Lipinski definition) is 5. The van der Waals surface area contributed by atoms with Crippen LogP contribution in [0.4, 0.5) is 5.00 Å². The topological polar surface area (TPSA) is 64.9 Å². The van der Waals surface area contributed by atoms with Gasteiger partial charge in [0.1, 0.15) is 0 Å². The fraction of sp³-hybridized carbons (Fsp3) is 0.250. The van der Waals surface area contributed by atoms with Gasteiger partial charge in [-0.1, -0.05) is 28.9 Å². The molecule has 0 bridgehead atoms. The molecule has 4 nitrogen and oxygen atoms in total. The van der Waals surface area contributed by atoms with E-state index in [0.29, 0.717) is 16.7 Å². The molecule has 1 aromatic carbocycles. The van der Waals surface area contributed by atoms with E-state index in [-0.39, 0.29) is 0 Å². The minimum atomic E-state index is 0.492. The molecule has 0 aliphatic heterocycles. The van der Waals surface area contributed by atoms with Gasteiger partial charge >= 0.3 is 0 Å². The highest BCUT2D eigenvalue weighted by molar-refractivity contribution is 7.16. The molecule has 112 valence electrons. The lowest BCUT2D eigenvalue weighted by atomic mass is 9.95. The van der Waals surface area contributed by atoms with Gasteiger partial charge in [-0.3, -0.25) is 0 Å². The Morgan fingerprint density at radius 2 is 2.00 bits per heavy atom. The SMILES string of the molecule is Nc1sc2c(c1-c1nc(-c3ccccc3Cl)no1)CCCC2. The molecular weight excluding hydrogens is 318 g/mol. The van der Waals surface area contributed by atoms with Crippen LogP contribution in [0.25, 0.3) is 22.8 Å². The molecule has 1 aliphatic rings. The highest BCUT2D eigenvalue weighted by atomic mass is 35.5. The minimum absolute atomic E-state index is 0.492. The van der Waals surface area contributed by atoms with E-state index >= 15 is 0 Å². The van der Waals surface area contributed by atoms with Crippen LogP contribution in [0, 0.1) is 0 Å². The molecule has 4 rings (SSSR count). The van der Waals surface area contributed by atoms with Crippen LogP contribution in [0.5, 0.6) is 0 Å². The standard InChI is InChI=1S/C16H14ClN3OS/c17-11-7-3-1-5-9(11)15-19-16(21-20-15)13-10-6-2-4-8-12(10)22-14(13)18/h1,3,5,7H,2,4,6,8,18H2. The zero-order chi connectivity index (χ0) is 15.1. The number of aryl methyl sites for hydroxylation is 1. The molecule has 0 saturated carbocycles. The molecule has 6 heteroatoms. The molecule has 0 radical (unpaired) electrons. The summed E-state index contributed by atoms with van der Waals surface area (Å²) in [6, 6.07) is 7.47. The maximum absolute atomic E-state index is 6.20. The van der Waals surface area contributed by atoms with E-state index in [4.69, 9.17) is 21.9 Å². The van der Waals surface area contributed by atoms with Crippen molar-refractivity contribution >= 4 is 27.9 Å². The van der Waals surface area contributed by atoms with Crippen LogP contribution >= 0.6 is 22.9 Å². The minimum Gasteiger partial charge on any atom is -0.390 e. The summed E-state index contributed by atoms with van der Waals surface area (Å²) in [4.78, 5) is 5.87. The van der Waals surface area contributed by atoms with Crippen molar-refractivity contribution in [3.05, 3.63) is 39.7 Å². The van der Waals surface area contributed by atoms with E-state index < -0.39 is 0 Å². The zero-order valence-corrected chi connectivity index (χ0v) is 13.4. The van der Waals surface area contributed by atoms with E-state index in [0.717, 1.165) is 29.0 Å². The van der Waals surface area contributed by atoms with Crippen molar-refractivity contribution in [2.75, 3.05) is 5.73 Å². The summed E-state index contributed by atoms with van der Waals surface area (Å²) in [6.45, 7) is 0. The monoisotopic (exact) mass is 331 g/mol. The van der Waals surface area contributed by atoms with E-state index in [1.807, 2.05) is 24.3 Å². The zero-order valence-electron chi connectivity index (χ0n) is 11.8. The van der Waals surface area contributed by atoms with E-state index in [1.165, 1.54) is 23.3 Å². The lowest BCUT2D eigenvalue weighted by molar-refractivity contribution is 0.432. The Kier molecular flexibility index (Phi) is 3.39. The molecule has 22 heavy (non-hydrogen) atoms. The van der Waals surface area contributed by atoms with Gasteiger partial charge in [-0.25, -0.2) is 0 Å². The van der Waals surface area contributed by atoms with Gasteiger partial charge < -0.3 is 10.3 Å². The summed E-state index contributed by atoms with van der Waals surface area (Å²) in [7, 11) is 0. The Labute approximate surface area is 136 Å². The summed E-state index contributed by atoms with van der Waals surface area (Å²) in [5.74, 6) is 0.988. The van der Waals surface area contributed by atoms with Crippen molar-refractivity contribution in [2.45, 2.75) is 25.7 Å². The Hall–Kier alpha value is -1.85. The van der Waals surface area contributed by atoms with Gasteiger partial charge in [0.05, 0.1) is 15.6 Å². The Bertz CT molecular complexity index is 840. The molecule has 2 aromatic heterocycles. The average Bonchev–Trinajstić information content (AvgIpc) is 3.10. The van der Waals surface area contributed by atoms with Crippen molar-refractivity contribution in [3.63, 3.8) is 0 Å². The van der Waals surface area contributed by atoms with Crippen molar-refractivity contribution < 1.29 is 4.52 Å². The third-order valence-electron chi connectivity index (χ3n) is 3.95. The predicted octanol–water partition coefficient (Wildman–Crippen LogP) is 4.58. The number of nitrogen functional groups attached to an aromatic ring is 1. The quantitative estimate of drug-likeness (QED) is 0.746. The largest absolute Gasteiger partial charge is 0.390 e. The first-order valence-electron chi connectivity index (χ1n) is 7.23. The van der Waals surface area contributed by atoms with Gasteiger partial charge in [-0.2, -0.15) is 4.98 Å². The second kappa shape index (κ2) is 5.41. The van der Waals surface area contributed by atoms with E-state index in [9.17, 15) is 0 Å². The molecule has 3 aromatic rings. The smallest absolute Gasteiger partial charge is 0.261 e. The number of aromatic nitrogens is 2. The molecule has 0 unspecified atom stereocenters. The summed E-state index contributed by atoms with van der Waals surface area (Å²) in [5, 5.41) is 5.44. The van der Waals surface area contributed by atoms with E-state index in [2.05, 4.69) is 10.1 Å². The third kappa shape index (κ3) is 2.21. The van der Waals surface area contributed by atoms with Gasteiger partial charge in [0.15, 0.2) is 0 Å². The molecule has 0 fully saturated rings. The summed E-state index contributed by atoms with van der Waals surface area (Å²) in [5.41, 5.74) is 9.16. The predicted molar refractivity (Wildman–Crippen MR) is 89.1 cm³/mol. The van der Waals surface area contributed by atoms with E-state index in [1.54, 1.807) is 11.3 Å². The maximum atomic E-state index is 6.20. The molecule has 0 amide bonds. The van der Waals surface area contributed by atoms with Crippen LogP contribution in [0.15, 0.2) is 28.8 Å². The van der Waals surface area contributed by atoms with Gasteiger partial charge in [0, 0.05) is 10.4 Å². The molecule has 0 atom stereocenters. The summed E-state index contributed by atoms with van der Waals surface area (Å²) < 4.78 is 5.47. The number of rotatable bonds is 2. The Morgan fingerprint density at radius 3 is 2.86 bits per heavy atom. The lowest BCUT2D eigenvalue weighted by Crippen LogP contribution is -1.99. The van der Waals surface area contributed by atoms with Crippen LogP contribution < -0.4 is 5.73 Å². The summed E-state index contributed by atoms with van der Waals surface area (Å²) in [6.07, 6.45) is 4.53. The second-order valence-electron chi connectivity index (χ2n) is 5.35. The van der Waals surface area contributed by atoms with Crippen molar-refractivity contribution in [2.24, 2.45) is 0 Å². The normalized spacial score (nSPS) is 14.0. The van der Waals surface area contributed by atoms with Crippen LogP contribution in [-0.2, 0) is 12.8 Å². The molecule has 2 N–H and O–H groups in total. The highest BCUT2D eigenvalue weighted by Gasteiger charge is 2.24. The third-order valence-corrected chi connectivity index (χ3v) is 5.40. The van der Waals surface area contributed by atoms with Crippen molar-refractivity contribution in [1.82, 2.24) is 10.1 Å². The number of fused-ring (bicyclic) bond motifs is 1. The van der Waals surface area contributed by atoms with Gasteiger partial charge in [-0.05, 0) is 43.4 Å². The number of halogens is 1. The van der Waals surface area contributed by atoms with Crippen LogP contribution in [-0.4, -0.2) is 10.1 Å². The first-order chi connectivity index (χ1) is 10.7. The fourth-order valence-electron chi connectivity index (χ4n) is 2.90. The van der Waals surface area contributed by atoms with Crippen LogP contribution in [0.2, 0.25) is 5.02 Å². The Morgan fingerprint density at radius 1 is 1.18 bits per heavy atom. The van der Waals surface area contributed by atoms with Crippen LogP contribution in [0.3, 0.4) is 0 Å². The second-order valence-corrected chi connectivity index (χ2v) is 6.90. The maximum Gasteiger partial charge on any atom is 0.261 e. The van der Waals surface area contributed by atoms with Crippen molar-refractivity contribution in [1.29, 1.82) is 0 Å². The highest BCUT2D eigenvalue weighted by Crippen LogP contribution is 2.42.